The van der Waals surface area contributed by atoms with E-state index in [1.807, 2.05) is 0 Å². The molecule has 0 saturated carbocycles. The summed E-state index contributed by atoms with van der Waals surface area (Å²) >= 11 is 0. The Balaban J connectivity index is 1.91. The second-order valence-electron chi connectivity index (χ2n) is 5.10. The van der Waals surface area contributed by atoms with Crippen molar-refractivity contribution < 1.29 is 17.9 Å². The smallest absolute Gasteiger partial charge is 0.242 e. The number of piperidine rings is 1. The number of nitrogens with one attached hydrogen (secondary N) is 2. The van der Waals surface area contributed by atoms with E-state index in [9.17, 15) is 13.2 Å². The highest BCUT2D eigenvalue weighted by Gasteiger charge is 2.30. The van der Waals surface area contributed by atoms with Gasteiger partial charge >= 0.3 is 0 Å². The summed E-state index contributed by atoms with van der Waals surface area (Å²) in [5.41, 5.74) is 0. The standard InChI is InChI=1S/C11H21N3O4S/c1-19(16,17)13-9-3-2-5-14(7-9)11(15)10-8-18-6-4-12-10/h9-10,12-13H,2-8H2,1H3. The normalized spacial score (nSPS) is 29.2. The summed E-state index contributed by atoms with van der Waals surface area (Å²) in [6, 6.07) is -0.483. The summed E-state index contributed by atoms with van der Waals surface area (Å²) < 4.78 is 30.3. The summed E-state index contributed by atoms with van der Waals surface area (Å²) in [5, 5.41) is 3.12. The summed E-state index contributed by atoms with van der Waals surface area (Å²) in [5.74, 6) is -0.000277. The number of sulfonamides is 1. The Morgan fingerprint density at radius 2 is 2.26 bits per heavy atom. The Morgan fingerprint density at radius 3 is 2.89 bits per heavy atom. The van der Waals surface area contributed by atoms with Crippen LogP contribution in [0.4, 0.5) is 0 Å². The lowest BCUT2D eigenvalue weighted by molar-refractivity contribution is -0.137. The summed E-state index contributed by atoms with van der Waals surface area (Å²) in [6.45, 7) is 2.81. The molecule has 8 heteroatoms. The molecule has 1 amide bonds. The van der Waals surface area contributed by atoms with Crippen LogP contribution in [0.15, 0.2) is 0 Å². The molecule has 2 rings (SSSR count). The molecule has 0 bridgehead atoms. The molecule has 2 heterocycles. The minimum absolute atomic E-state index is 0.000277. The first-order valence-corrected chi connectivity index (χ1v) is 8.42. The molecular weight excluding hydrogens is 270 g/mol. The van der Waals surface area contributed by atoms with Gasteiger partial charge in [-0.05, 0) is 12.8 Å². The second kappa shape index (κ2) is 6.17. The predicted molar refractivity (Wildman–Crippen MR) is 70.2 cm³/mol. The lowest BCUT2D eigenvalue weighted by Crippen LogP contribution is -2.57. The highest BCUT2D eigenvalue weighted by Crippen LogP contribution is 2.12. The molecule has 2 saturated heterocycles. The number of hydrogen-bond acceptors (Lipinski definition) is 5. The maximum atomic E-state index is 12.3. The van der Waals surface area contributed by atoms with E-state index in [1.54, 1.807) is 4.90 Å². The van der Waals surface area contributed by atoms with E-state index in [2.05, 4.69) is 10.0 Å². The van der Waals surface area contributed by atoms with Crippen molar-refractivity contribution in [3.63, 3.8) is 0 Å². The van der Waals surface area contributed by atoms with Gasteiger partial charge in [0, 0.05) is 25.7 Å². The summed E-state index contributed by atoms with van der Waals surface area (Å²) in [7, 11) is -3.23. The molecule has 2 aliphatic heterocycles. The molecule has 0 aromatic heterocycles. The average molecular weight is 291 g/mol. The third-order valence-corrected chi connectivity index (χ3v) is 4.10. The molecular formula is C11H21N3O4S. The number of likely N-dealkylation sites (tertiary alicyclic amines) is 1. The SMILES string of the molecule is CS(=O)(=O)NC1CCCN(C(=O)C2COCCN2)C1. The molecule has 2 N–H and O–H groups in total. The van der Waals surface area contributed by atoms with Crippen molar-refractivity contribution in [2.24, 2.45) is 0 Å². The van der Waals surface area contributed by atoms with E-state index >= 15 is 0 Å². The number of nitrogens with zero attached hydrogens (tertiary/aromatic N) is 1. The van der Waals surface area contributed by atoms with E-state index in [0.29, 0.717) is 32.8 Å². The third kappa shape index (κ3) is 4.41. The van der Waals surface area contributed by atoms with Crippen LogP contribution in [0.5, 0.6) is 0 Å². The van der Waals surface area contributed by atoms with Crippen LogP contribution in [0, 0.1) is 0 Å². The molecule has 0 aromatic rings. The van der Waals surface area contributed by atoms with Crippen molar-refractivity contribution in [1.82, 2.24) is 14.9 Å². The zero-order valence-electron chi connectivity index (χ0n) is 11.1. The van der Waals surface area contributed by atoms with Gasteiger partial charge < -0.3 is 15.0 Å². The summed E-state index contributed by atoms with van der Waals surface area (Å²) in [4.78, 5) is 14.0. The first-order chi connectivity index (χ1) is 8.96. The van der Waals surface area contributed by atoms with E-state index in [0.717, 1.165) is 19.1 Å². The van der Waals surface area contributed by atoms with Gasteiger partial charge in [-0.3, -0.25) is 4.79 Å². The Labute approximate surface area is 113 Å². The number of carbonyl (C=O) groups is 1. The fourth-order valence-corrected chi connectivity index (χ4v) is 3.32. The highest BCUT2D eigenvalue weighted by atomic mass is 32.2. The van der Waals surface area contributed by atoms with Crippen molar-refractivity contribution in [3.05, 3.63) is 0 Å². The largest absolute Gasteiger partial charge is 0.378 e. The van der Waals surface area contributed by atoms with Crippen LogP contribution in [0.1, 0.15) is 12.8 Å². The molecule has 2 aliphatic rings. The van der Waals surface area contributed by atoms with Crippen molar-refractivity contribution in [2.45, 2.75) is 24.9 Å². The Kier molecular flexibility index (Phi) is 4.77. The van der Waals surface area contributed by atoms with Crippen LogP contribution in [-0.2, 0) is 19.6 Å². The third-order valence-electron chi connectivity index (χ3n) is 3.33. The number of morpholine rings is 1. The molecule has 19 heavy (non-hydrogen) atoms. The fourth-order valence-electron chi connectivity index (χ4n) is 2.52. The van der Waals surface area contributed by atoms with Crippen molar-refractivity contribution in [1.29, 1.82) is 0 Å². The number of ether oxygens (including phenoxy) is 1. The zero-order valence-corrected chi connectivity index (χ0v) is 11.9. The Morgan fingerprint density at radius 1 is 1.47 bits per heavy atom. The van der Waals surface area contributed by atoms with Crippen molar-refractivity contribution >= 4 is 15.9 Å². The monoisotopic (exact) mass is 291 g/mol. The summed E-state index contributed by atoms with van der Waals surface area (Å²) in [6.07, 6.45) is 2.72. The lowest BCUT2D eigenvalue weighted by atomic mass is 10.1. The molecule has 110 valence electrons. The molecule has 2 fully saturated rings. The van der Waals surface area contributed by atoms with Crippen LogP contribution < -0.4 is 10.0 Å². The van der Waals surface area contributed by atoms with Gasteiger partial charge in [-0.25, -0.2) is 13.1 Å². The van der Waals surface area contributed by atoms with E-state index in [4.69, 9.17) is 4.74 Å². The van der Waals surface area contributed by atoms with Crippen LogP contribution in [0.25, 0.3) is 0 Å². The molecule has 0 radical (unpaired) electrons. The molecule has 2 atom stereocenters. The van der Waals surface area contributed by atoms with Crippen LogP contribution in [-0.4, -0.2) is 70.4 Å². The molecule has 0 spiro atoms. The van der Waals surface area contributed by atoms with Gasteiger partial charge in [0.2, 0.25) is 15.9 Å². The maximum Gasteiger partial charge on any atom is 0.242 e. The van der Waals surface area contributed by atoms with Crippen LogP contribution in [0.3, 0.4) is 0 Å². The van der Waals surface area contributed by atoms with Gasteiger partial charge in [0.05, 0.1) is 19.5 Å². The van der Waals surface area contributed by atoms with E-state index in [-0.39, 0.29) is 18.0 Å². The number of amides is 1. The topological polar surface area (TPSA) is 87.7 Å². The molecule has 0 aromatic carbocycles. The van der Waals surface area contributed by atoms with Gasteiger partial charge in [0.25, 0.3) is 0 Å². The quantitative estimate of drug-likeness (QED) is 0.662. The molecule has 7 nitrogen and oxygen atoms in total. The van der Waals surface area contributed by atoms with E-state index in [1.165, 1.54) is 0 Å². The first-order valence-electron chi connectivity index (χ1n) is 6.53. The second-order valence-corrected chi connectivity index (χ2v) is 6.88. The fraction of sp³-hybridized carbons (Fsp3) is 0.909. The predicted octanol–water partition coefficient (Wildman–Crippen LogP) is -1.48. The molecule has 0 aliphatic carbocycles. The first kappa shape index (κ1) is 14.7. The van der Waals surface area contributed by atoms with Gasteiger partial charge in [-0.1, -0.05) is 0 Å². The Bertz CT molecular complexity index is 420. The minimum atomic E-state index is -3.23. The van der Waals surface area contributed by atoms with Gasteiger partial charge in [-0.2, -0.15) is 0 Å². The highest BCUT2D eigenvalue weighted by molar-refractivity contribution is 7.88. The van der Waals surface area contributed by atoms with Crippen molar-refractivity contribution in [2.75, 3.05) is 39.1 Å². The van der Waals surface area contributed by atoms with Crippen LogP contribution in [0.2, 0.25) is 0 Å². The van der Waals surface area contributed by atoms with E-state index < -0.39 is 10.0 Å². The maximum absolute atomic E-state index is 12.3. The number of hydrogen-bond donors (Lipinski definition) is 2. The molecule has 2 unspecified atom stereocenters. The average Bonchev–Trinajstić information content (AvgIpc) is 2.37. The van der Waals surface area contributed by atoms with Crippen molar-refractivity contribution in [3.8, 4) is 0 Å². The number of rotatable bonds is 3. The zero-order chi connectivity index (χ0) is 13.9. The minimum Gasteiger partial charge on any atom is -0.378 e. The van der Waals surface area contributed by atoms with Crippen LogP contribution >= 0.6 is 0 Å². The van der Waals surface area contributed by atoms with Gasteiger partial charge in [0.1, 0.15) is 6.04 Å². The lowest BCUT2D eigenvalue weighted by Gasteiger charge is -2.36. The number of carbonyl (C=O) groups excluding carboxylic acids is 1. The van der Waals surface area contributed by atoms with Gasteiger partial charge in [-0.15, -0.1) is 0 Å². The van der Waals surface area contributed by atoms with Gasteiger partial charge in [0.15, 0.2) is 0 Å². The Hall–Kier alpha value is -0.700.